The normalized spacial score (nSPS) is 22.9. The molecule has 0 spiro atoms. The maximum Gasteiger partial charge on any atom is 0.239 e. The summed E-state index contributed by atoms with van der Waals surface area (Å²) in [4.78, 5) is 32.1. The van der Waals surface area contributed by atoms with Crippen LogP contribution in [0, 0.1) is 5.82 Å². The summed E-state index contributed by atoms with van der Waals surface area (Å²) in [5, 5.41) is 6.04. The van der Waals surface area contributed by atoms with Crippen molar-refractivity contribution in [3.8, 4) is 0 Å². The SMILES string of the molecule is CN(C)c1ccc(CN2CC[C@H]3[C@H]2C(=O)NC[C@H](CCC(=O)NCc2ccc(F)cc2)N3C)cc1. The van der Waals surface area contributed by atoms with Crippen molar-refractivity contribution >= 4 is 17.5 Å². The van der Waals surface area contributed by atoms with E-state index in [1.165, 1.54) is 17.7 Å². The number of hydrogen-bond acceptors (Lipinski definition) is 5. The molecule has 2 aliphatic rings. The number of nitrogens with zero attached hydrogens (tertiary/aromatic N) is 3. The second-order valence-corrected chi connectivity index (χ2v) is 9.84. The minimum Gasteiger partial charge on any atom is -0.378 e. The Bertz CT molecular complexity index is 1010. The summed E-state index contributed by atoms with van der Waals surface area (Å²) in [6, 6.07) is 14.7. The molecule has 4 rings (SSSR count). The minimum atomic E-state index is -0.287. The number of rotatable bonds is 8. The van der Waals surface area contributed by atoms with Crippen LogP contribution in [0.25, 0.3) is 0 Å². The highest BCUT2D eigenvalue weighted by atomic mass is 19.1. The van der Waals surface area contributed by atoms with E-state index in [0.29, 0.717) is 25.9 Å². The number of fused-ring (bicyclic) bond motifs is 1. The van der Waals surface area contributed by atoms with E-state index < -0.39 is 0 Å². The molecule has 2 aliphatic heterocycles. The van der Waals surface area contributed by atoms with Crippen LogP contribution in [0.15, 0.2) is 48.5 Å². The van der Waals surface area contributed by atoms with Crippen LogP contribution < -0.4 is 15.5 Å². The lowest BCUT2D eigenvalue weighted by Crippen LogP contribution is -2.49. The fraction of sp³-hybridized carbons (Fsp3) is 0.481. The van der Waals surface area contributed by atoms with Crippen molar-refractivity contribution in [3.63, 3.8) is 0 Å². The van der Waals surface area contributed by atoms with Crippen molar-refractivity contribution in [2.45, 2.75) is 50.5 Å². The van der Waals surface area contributed by atoms with Crippen molar-refractivity contribution in [1.82, 2.24) is 20.4 Å². The number of carbonyl (C=O) groups excluding carboxylic acids is 2. The van der Waals surface area contributed by atoms with Crippen molar-refractivity contribution in [2.75, 3.05) is 39.1 Å². The number of hydrogen-bond donors (Lipinski definition) is 2. The molecular formula is C27H36FN5O2. The van der Waals surface area contributed by atoms with Crippen LogP contribution in [-0.2, 0) is 22.7 Å². The number of halogens is 1. The summed E-state index contributed by atoms with van der Waals surface area (Å²) >= 11 is 0. The lowest BCUT2D eigenvalue weighted by atomic mass is 10.0. The first kappa shape index (κ1) is 25.1. The molecule has 7 nitrogen and oxygen atoms in total. The Hall–Kier alpha value is -2.97. The van der Waals surface area contributed by atoms with Crippen molar-refractivity contribution in [2.24, 2.45) is 0 Å². The monoisotopic (exact) mass is 481 g/mol. The Balaban J connectivity index is 1.31. The zero-order valence-corrected chi connectivity index (χ0v) is 20.8. The lowest BCUT2D eigenvalue weighted by Gasteiger charge is -2.33. The highest BCUT2D eigenvalue weighted by Gasteiger charge is 2.44. The zero-order chi connectivity index (χ0) is 24.9. The highest BCUT2D eigenvalue weighted by Crippen LogP contribution is 2.29. The number of benzene rings is 2. The molecule has 2 fully saturated rings. The Labute approximate surface area is 207 Å². The molecule has 0 bridgehead atoms. The van der Waals surface area contributed by atoms with E-state index in [9.17, 15) is 14.0 Å². The van der Waals surface area contributed by atoms with Gasteiger partial charge in [-0.2, -0.15) is 0 Å². The quantitative estimate of drug-likeness (QED) is 0.606. The first-order valence-corrected chi connectivity index (χ1v) is 12.3. The van der Waals surface area contributed by atoms with Crippen LogP contribution in [0.1, 0.15) is 30.4 Å². The summed E-state index contributed by atoms with van der Waals surface area (Å²) in [6.07, 6.45) is 1.98. The number of likely N-dealkylation sites (N-methyl/N-ethyl adjacent to an activating group) is 1. The average Bonchev–Trinajstić information content (AvgIpc) is 3.22. The highest BCUT2D eigenvalue weighted by molar-refractivity contribution is 5.83. The van der Waals surface area contributed by atoms with E-state index in [1.807, 2.05) is 14.1 Å². The molecule has 0 saturated carbocycles. The third-order valence-corrected chi connectivity index (χ3v) is 7.30. The van der Waals surface area contributed by atoms with Crippen LogP contribution in [0.5, 0.6) is 0 Å². The van der Waals surface area contributed by atoms with Gasteiger partial charge in [0.2, 0.25) is 11.8 Å². The Morgan fingerprint density at radius 2 is 1.80 bits per heavy atom. The van der Waals surface area contributed by atoms with Crippen molar-refractivity contribution in [3.05, 3.63) is 65.5 Å². The summed E-state index contributed by atoms with van der Waals surface area (Å²) in [7, 11) is 6.13. The molecule has 0 aromatic heterocycles. The molecule has 8 heteroatoms. The van der Waals surface area contributed by atoms with Gasteiger partial charge in [0.15, 0.2) is 0 Å². The van der Waals surface area contributed by atoms with Crippen LogP contribution in [0.2, 0.25) is 0 Å². The first-order chi connectivity index (χ1) is 16.8. The number of nitrogens with one attached hydrogen (secondary N) is 2. The van der Waals surface area contributed by atoms with Crippen LogP contribution in [0.3, 0.4) is 0 Å². The number of anilines is 1. The van der Waals surface area contributed by atoms with E-state index in [0.717, 1.165) is 30.8 Å². The molecule has 2 aromatic carbocycles. The average molecular weight is 482 g/mol. The third kappa shape index (κ3) is 6.18. The van der Waals surface area contributed by atoms with Crippen LogP contribution >= 0.6 is 0 Å². The Morgan fingerprint density at radius 3 is 2.49 bits per heavy atom. The first-order valence-electron chi connectivity index (χ1n) is 12.3. The topological polar surface area (TPSA) is 67.9 Å². The maximum atomic E-state index is 13.1. The van der Waals surface area contributed by atoms with Crippen molar-refractivity contribution < 1.29 is 14.0 Å². The molecule has 188 valence electrons. The van der Waals surface area contributed by atoms with Gasteiger partial charge in [-0.05, 0) is 55.3 Å². The molecule has 2 amide bonds. The molecule has 0 aliphatic carbocycles. The van der Waals surface area contributed by atoms with E-state index in [2.05, 4.69) is 56.6 Å². The predicted molar refractivity (Wildman–Crippen MR) is 135 cm³/mol. The third-order valence-electron chi connectivity index (χ3n) is 7.30. The lowest BCUT2D eigenvalue weighted by molar-refractivity contribution is -0.126. The van der Waals surface area contributed by atoms with Gasteiger partial charge in [-0.15, -0.1) is 0 Å². The Morgan fingerprint density at radius 1 is 1.11 bits per heavy atom. The van der Waals surface area contributed by atoms with Crippen molar-refractivity contribution in [1.29, 1.82) is 0 Å². The fourth-order valence-corrected chi connectivity index (χ4v) is 5.15. The van der Waals surface area contributed by atoms with Gasteiger partial charge in [0, 0.05) is 64.5 Å². The molecule has 2 aromatic rings. The smallest absolute Gasteiger partial charge is 0.239 e. The zero-order valence-electron chi connectivity index (χ0n) is 20.8. The van der Waals surface area contributed by atoms with Gasteiger partial charge in [-0.25, -0.2) is 4.39 Å². The van der Waals surface area contributed by atoms with E-state index >= 15 is 0 Å². The van der Waals surface area contributed by atoms with Gasteiger partial charge < -0.3 is 15.5 Å². The number of carbonyl (C=O) groups is 2. The van der Waals surface area contributed by atoms with Crippen LogP contribution in [-0.4, -0.2) is 74.0 Å². The summed E-state index contributed by atoms with van der Waals surface area (Å²) in [5.74, 6) is -0.249. The molecule has 3 atom stereocenters. The molecule has 2 saturated heterocycles. The standard InChI is InChI=1S/C27H36FN5O2/c1-31(2)22-10-6-20(7-11-22)18-33-15-14-24-26(33)27(35)30-17-23(32(24)3)12-13-25(34)29-16-19-4-8-21(28)9-5-19/h4-11,23-24,26H,12-18H2,1-3H3,(H,29,34)(H,30,35)/t23-,24-,26-/m0/s1. The molecule has 35 heavy (non-hydrogen) atoms. The molecule has 2 N–H and O–H groups in total. The van der Waals surface area contributed by atoms with Gasteiger partial charge in [-0.3, -0.25) is 19.4 Å². The van der Waals surface area contributed by atoms with Gasteiger partial charge in [0.05, 0.1) is 0 Å². The van der Waals surface area contributed by atoms with E-state index in [4.69, 9.17) is 0 Å². The second kappa shape index (κ2) is 11.2. The summed E-state index contributed by atoms with van der Waals surface area (Å²) < 4.78 is 13.1. The fourth-order valence-electron chi connectivity index (χ4n) is 5.15. The predicted octanol–water partition coefficient (Wildman–Crippen LogP) is 2.36. The minimum absolute atomic E-state index is 0.0379. The van der Waals surface area contributed by atoms with Gasteiger partial charge in [0.1, 0.15) is 11.9 Å². The number of likely N-dealkylation sites (tertiary alicyclic amines) is 1. The van der Waals surface area contributed by atoms with E-state index in [-0.39, 0.29) is 35.8 Å². The molecular weight excluding hydrogens is 445 g/mol. The van der Waals surface area contributed by atoms with Gasteiger partial charge >= 0.3 is 0 Å². The summed E-state index contributed by atoms with van der Waals surface area (Å²) in [6.45, 7) is 2.53. The molecule has 0 radical (unpaired) electrons. The maximum absolute atomic E-state index is 13.1. The second-order valence-electron chi connectivity index (χ2n) is 9.84. The molecule has 0 unspecified atom stereocenters. The van der Waals surface area contributed by atoms with Gasteiger partial charge in [-0.1, -0.05) is 24.3 Å². The number of amides is 2. The molecule has 2 heterocycles. The van der Waals surface area contributed by atoms with E-state index in [1.54, 1.807) is 12.1 Å². The summed E-state index contributed by atoms with van der Waals surface area (Å²) in [5.41, 5.74) is 3.22. The van der Waals surface area contributed by atoms with Gasteiger partial charge in [0.25, 0.3) is 0 Å². The Kier molecular flexibility index (Phi) is 8.03. The largest absolute Gasteiger partial charge is 0.378 e. The van der Waals surface area contributed by atoms with Crippen LogP contribution in [0.4, 0.5) is 10.1 Å².